The first-order valence-electron chi connectivity index (χ1n) is 7.09. The summed E-state index contributed by atoms with van der Waals surface area (Å²) in [6.45, 7) is 0. The molecule has 1 aromatic carbocycles. The summed E-state index contributed by atoms with van der Waals surface area (Å²) >= 11 is 10.2. The van der Waals surface area contributed by atoms with Crippen LogP contribution in [-0.2, 0) is 0 Å². The highest BCUT2D eigenvalue weighted by atomic mass is 79.9. The zero-order chi connectivity index (χ0) is 16.0. The highest BCUT2D eigenvalue weighted by molar-refractivity contribution is 9.09. The molecule has 0 aromatic heterocycles. The summed E-state index contributed by atoms with van der Waals surface area (Å²) in [7, 11) is 0. The van der Waals surface area contributed by atoms with Crippen molar-refractivity contribution < 1.29 is 0 Å². The molecule has 0 unspecified atom stereocenters. The fraction of sp³-hybridized carbons (Fsp3) is 0.368. The fourth-order valence-electron chi connectivity index (χ4n) is 1.62. The van der Waals surface area contributed by atoms with Gasteiger partial charge in [0.05, 0.1) is 5.33 Å². The summed E-state index contributed by atoms with van der Waals surface area (Å²) in [4.78, 5) is 0. The normalized spacial score (nSPS) is 8.86. The van der Waals surface area contributed by atoms with Gasteiger partial charge >= 0.3 is 0 Å². The molecule has 0 saturated carbocycles. The van der Waals surface area contributed by atoms with Gasteiger partial charge in [-0.2, -0.15) is 0 Å². The summed E-state index contributed by atoms with van der Waals surface area (Å²) in [5.74, 6) is 19.0. The maximum Gasteiger partial charge on any atom is 0.0649 e. The lowest BCUT2D eigenvalue weighted by Crippen LogP contribution is -1.85. The number of hydrogen-bond donors (Lipinski definition) is 0. The summed E-state index contributed by atoms with van der Waals surface area (Å²) in [6.07, 6.45) is 3.92. The number of benzene rings is 1. The Morgan fingerprint density at radius 1 is 0.636 bits per heavy atom. The molecule has 0 saturated heterocycles. The Morgan fingerprint density at radius 3 is 1.41 bits per heavy atom. The lowest BCUT2D eigenvalue weighted by atomic mass is 10.1. The van der Waals surface area contributed by atoms with Gasteiger partial charge in [0.15, 0.2) is 0 Å². The van der Waals surface area contributed by atoms with Crippen LogP contribution in [0.4, 0.5) is 0 Å². The maximum absolute atomic E-state index is 3.42. The van der Waals surface area contributed by atoms with Crippen molar-refractivity contribution in [3.63, 3.8) is 0 Å². The van der Waals surface area contributed by atoms with Crippen molar-refractivity contribution in [1.82, 2.24) is 0 Å². The third-order valence-electron chi connectivity index (χ3n) is 2.57. The van der Waals surface area contributed by atoms with Crippen LogP contribution in [0.25, 0.3) is 0 Å². The molecule has 1 aromatic rings. The van der Waals surface area contributed by atoms with Crippen molar-refractivity contribution >= 4 is 47.8 Å². The van der Waals surface area contributed by atoms with E-state index in [4.69, 9.17) is 0 Å². The minimum atomic E-state index is 0.667. The summed E-state index contributed by atoms with van der Waals surface area (Å²) < 4.78 is 0. The molecule has 0 radical (unpaired) electrons. The van der Waals surface area contributed by atoms with Crippen molar-refractivity contribution in [2.24, 2.45) is 0 Å². The standard InChI is InChI=1S/C19H17Br3/c20-11-5-1-3-8-17-14-18(9-4-2-6-12-21)16-19(15-17)10-7-13-22/h14-16H,1-2,5-6,11-13H2. The number of alkyl halides is 3. The largest absolute Gasteiger partial charge is 0.0979 e. The maximum atomic E-state index is 3.42. The Kier molecular flexibility index (Phi) is 11.3. The summed E-state index contributed by atoms with van der Waals surface area (Å²) in [5.41, 5.74) is 2.94. The Morgan fingerprint density at radius 2 is 1.05 bits per heavy atom. The van der Waals surface area contributed by atoms with Crippen molar-refractivity contribution in [3.05, 3.63) is 34.9 Å². The second kappa shape index (κ2) is 12.8. The molecule has 0 aliphatic heterocycles. The van der Waals surface area contributed by atoms with Gasteiger partial charge in [-0.1, -0.05) is 83.3 Å². The average Bonchev–Trinajstić information content (AvgIpc) is 2.54. The Labute approximate surface area is 159 Å². The average molecular weight is 485 g/mol. The lowest BCUT2D eigenvalue weighted by molar-refractivity contribution is 1.00. The van der Waals surface area contributed by atoms with Crippen LogP contribution in [-0.4, -0.2) is 16.0 Å². The van der Waals surface area contributed by atoms with E-state index in [9.17, 15) is 0 Å². The first-order valence-corrected chi connectivity index (χ1v) is 10.5. The molecule has 3 heteroatoms. The van der Waals surface area contributed by atoms with Gasteiger partial charge in [-0.15, -0.1) is 0 Å². The molecule has 0 spiro atoms. The third kappa shape index (κ3) is 8.70. The molecule has 0 fully saturated rings. The van der Waals surface area contributed by atoms with E-state index in [2.05, 4.69) is 83.3 Å². The number of hydrogen-bond acceptors (Lipinski definition) is 0. The van der Waals surface area contributed by atoms with Gasteiger partial charge in [-0.05, 0) is 31.0 Å². The summed E-state index contributed by atoms with van der Waals surface area (Å²) in [6, 6.07) is 6.10. The topological polar surface area (TPSA) is 0 Å². The van der Waals surface area contributed by atoms with Crippen LogP contribution >= 0.6 is 47.8 Å². The molecule has 0 aliphatic carbocycles. The summed E-state index contributed by atoms with van der Waals surface area (Å²) in [5, 5.41) is 2.64. The molecule has 0 amide bonds. The van der Waals surface area contributed by atoms with Crippen LogP contribution < -0.4 is 0 Å². The van der Waals surface area contributed by atoms with Gasteiger partial charge < -0.3 is 0 Å². The van der Waals surface area contributed by atoms with E-state index in [1.165, 1.54) is 0 Å². The van der Waals surface area contributed by atoms with Gasteiger partial charge in [0.2, 0.25) is 0 Å². The molecule has 1 rings (SSSR count). The predicted molar refractivity (Wildman–Crippen MR) is 107 cm³/mol. The van der Waals surface area contributed by atoms with Crippen LogP contribution in [0.2, 0.25) is 0 Å². The van der Waals surface area contributed by atoms with Crippen LogP contribution in [0.1, 0.15) is 42.4 Å². The molecular weight excluding hydrogens is 468 g/mol. The van der Waals surface area contributed by atoms with E-state index in [-0.39, 0.29) is 0 Å². The quantitative estimate of drug-likeness (QED) is 0.301. The molecule has 0 nitrogen and oxygen atoms in total. The highest BCUT2D eigenvalue weighted by Crippen LogP contribution is 2.09. The Balaban J connectivity index is 2.98. The second-order valence-electron chi connectivity index (χ2n) is 4.42. The SMILES string of the molecule is BrCC#Cc1cc(C#CCCCBr)cc(C#CCCCBr)c1. The fourth-order valence-corrected chi connectivity index (χ4v) is 2.32. The van der Waals surface area contributed by atoms with Gasteiger partial charge in [-0.3, -0.25) is 0 Å². The van der Waals surface area contributed by atoms with Crippen LogP contribution in [0.15, 0.2) is 18.2 Å². The van der Waals surface area contributed by atoms with Crippen molar-refractivity contribution in [1.29, 1.82) is 0 Å². The highest BCUT2D eigenvalue weighted by Gasteiger charge is 1.96. The Hall–Kier alpha value is -0.660. The molecule has 0 bridgehead atoms. The molecule has 0 heterocycles. The predicted octanol–water partition coefficient (Wildman–Crippen LogP) is 5.49. The molecule has 22 heavy (non-hydrogen) atoms. The zero-order valence-corrected chi connectivity index (χ0v) is 17.1. The van der Waals surface area contributed by atoms with E-state index in [0.29, 0.717) is 5.33 Å². The van der Waals surface area contributed by atoms with Crippen molar-refractivity contribution in [3.8, 4) is 35.5 Å². The van der Waals surface area contributed by atoms with Crippen molar-refractivity contribution in [2.45, 2.75) is 25.7 Å². The molecule has 114 valence electrons. The van der Waals surface area contributed by atoms with E-state index < -0.39 is 0 Å². The monoisotopic (exact) mass is 482 g/mol. The first-order chi connectivity index (χ1) is 10.8. The minimum absolute atomic E-state index is 0.667. The molecule has 0 atom stereocenters. The molecule has 0 aliphatic rings. The van der Waals surface area contributed by atoms with Crippen LogP contribution in [0.3, 0.4) is 0 Å². The van der Waals surface area contributed by atoms with Gasteiger partial charge in [0, 0.05) is 40.2 Å². The van der Waals surface area contributed by atoms with E-state index in [0.717, 1.165) is 53.0 Å². The number of unbranched alkanes of at least 4 members (excludes halogenated alkanes) is 2. The molecular formula is C19H17Br3. The number of rotatable bonds is 4. The first kappa shape index (κ1) is 19.4. The third-order valence-corrected chi connectivity index (χ3v) is 3.97. The molecule has 0 N–H and O–H groups in total. The van der Waals surface area contributed by atoms with Crippen molar-refractivity contribution in [2.75, 3.05) is 16.0 Å². The minimum Gasteiger partial charge on any atom is -0.0979 e. The van der Waals surface area contributed by atoms with Crippen LogP contribution in [0.5, 0.6) is 0 Å². The van der Waals surface area contributed by atoms with E-state index in [1.54, 1.807) is 0 Å². The van der Waals surface area contributed by atoms with Gasteiger partial charge in [0.25, 0.3) is 0 Å². The number of halogens is 3. The lowest BCUT2D eigenvalue weighted by Gasteiger charge is -1.97. The van der Waals surface area contributed by atoms with Crippen LogP contribution in [0, 0.1) is 35.5 Å². The Bertz CT molecular complexity index is 598. The van der Waals surface area contributed by atoms with Gasteiger partial charge in [-0.25, -0.2) is 0 Å². The van der Waals surface area contributed by atoms with E-state index in [1.807, 2.05) is 18.2 Å². The van der Waals surface area contributed by atoms with E-state index >= 15 is 0 Å². The smallest absolute Gasteiger partial charge is 0.0649 e. The van der Waals surface area contributed by atoms with Gasteiger partial charge in [0.1, 0.15) is 0 Å². The zero-order valence-electron chi connectivity index (χ0n) is 12.3. The second-order valence-corrected chi connectivity index (χ2v) is 6.57.